The number of carbonyl (C=O) groups excluding carboxylic acids is 1. The van der Waals surface area contributed by atoms with Crippen molar-refractivity contribution in [3.8, 4) is 17.0 Å². The average Bonchev–Trinajstić information content (AvgIpc) is 3.26. The maximum absolute atomic E-state index is 13.4. The van der Waals surface area contributed by atoms with Gasteiger partial charge in [0.1, 0.15) is 11.4 Å². The Kier molecular flexibility index (Phi) is 6.90. The molecular weight excluding hydrogens is 441 g/mol. The highest BCUT2D eigenvalue weighted by molar-refractivity contribution is 7.99. The number of alkyl halides is 3. The highest BCUT2D eigenvalue weighted by Crippen LogP contribution is 2.32. The molecule has 0 unspecified atom stereocenters. The molecule has 3 heterocycles. The van der Waals surface area contributed by atoms with E-state index < -0.39 is 11.9 Å². The number of methoxy groups -OCH3 is 1. The summed E-state index contributed by atoms with van der Waals surface area (Å²) in [6.45, 7) is 3.45. The molecule has 1 aromatic carbocycles. The van der Waals surface area contributed by atoms with Gasteiger partial charge in [-0.1, -0.05) is 11.8 Å². The summed E-state index contributed by atoms with van der Waals surface area (Å²) in [6, 6.07) is 8.03. The first-order chi connectivity index (χ1) is 15.3. The van der Waals surface area contributed by atoms with Crippen LogP contribution in [0.15, 0.2) is 35.5 Å². The van der Waals surface area contributed by atoms with Gasteiger partial charge < -0.3 is 9.64 Å². The lowest BCUT2D eigenvalue weighted by molar-refractivity contribution is -0.141. The van der Waals surface area contributed by atoms with E-state index in [9.17, 15) is 18.0 Å². The Morgan fingerprint density at radius 3 is 2.69 bits per heavy atom. The van der Waals surface area contributed by atoms with Crippen molar-refractivity contribution in [2.45, 2.75) is 36.6 Å². The number of fused-ring (bicyclic) bond motifs is 1. The second kappa shape index (κ2) is 9.66. The highest BCUT2D eigenvalue weighted by atomic mass is 32.2. The van der Waals surface area contributed by atoms with E-state index in [1.807, 2.05) is 4.90 Å². The van der Waals surface area contributed by atoms with Gasteiger partial charge in [-0.25, -0.2) is 9.97 Å². The third-order valence-corrected chi connectivity index (χ3v) is 6.72. The number of thioether (sulfide) groups is 1. The van der Waals surface area contributed by atoms with E-state index in [-0.39, 0.29) is 23.2 Å². The number of piperazine rings is 1. The van der Waals surface area contributed by atoms with E-state index in [4.69, 9.17) is 4.74 Å². The molecule has 0 spiro atoms. The Morgan fingerprint density at radius 1 is 1.19 bits per heavy atom. The van der Waals surface area contributed by atoms with Gasteiger partial charge in [-0.15, -0.1) is 0 Å². The van der Waals surface area contributed by atoms with Gasteiger partial charge in [-0.2, -0.15) is 13.2 Å². The van der Waals surface area contributed by atoms with E-state index in [0.717, 1.165) is 43.9 Å². The minimum absolute atomic E-state index is 0.0130. The molecule has 0 bridgehead atoms. The van der Waals surface area contributed by atoms with Crippen LogP contribution in [-0.2, 0) is 11.0 Å². The van der Waals surface area contributed by atoms with Gasteiger partial charge >= 0.3 is 6.18 Å². The van der Waals surface area contributed by atoms with Crippen LogP contribution in [0.4, 0.5) is 13.2 Å². The number of hydrogen-bond acceptors (Lipinski definition) is 6. The number of nitrogens with zero attached hydrogens (tertiary/aromatic N) is 4. The maximum atomic E-state index is 13.4. The molecule has 1 amide bonds. The van der Waals surface area contributed by atoms with Crippen molar-refractivity contribution in [2.75, 3.05) is 39.0 Å². The van der Waals surface area contributed by atoms with Crippen LogP contribution in [0, 0.1) is 0 Å². The standard InChI is InChI=1S/C22H25F3N4O2S/c1-31-17-6-4-15(5-7-17)18-13-19(22(23,24)25)27-21(26-18)32-12-8-20(30)29-11-10-28-9-2-3-16(28)14-29/h4-7,13,16H,2-3,8-12,14H2,1H3/t16-/m0/s1. The molecule has 0 saturated carbocycles. The summed E-state index contributed by atoms with van der Waals surface area (Å²) >= 11 is 1.07. The van der Waals surface area contributed by atoms with Gasteiger partial charge in [0.15, 0.2) is 5.16 Å². The van der Waals surface area contributed by atoms with Crippen LogP contribution in [0.3, 0.4) is 0 Å². The van der Waals surface area contributed by atoms with Crippen molar-refractivity contribution in [3.63, 3.8) is 0 Å². The topological polar surface area (TPSA) is 58.6 Å². The highest BCUT2D eigenvalue weighted by Gasteiger charge is 2.34. The fraction of sp³-hybridized carbons (Fsp3) is 0.500. The normalized spacial score (nSPS) is 19.1. The summed E-state index contributed by atoms with van der Waals surface area (Å²) in [5, 5.41) is 0.0130. The number of benzene rings is 1. The lowest BCUT2D eigenvalue weighted by atomic mass is 10.1. The Labute approximate surface area is 189 Å². The van der Waals surface area contributed by atoms with E-state index in [1.165, 1.54) is 13.5 Å². The fourth-order valence-electron chi connectivity index (χ4n) is 4.15. The van der Waals surface area contributed by atoms with Crippen LogP contribution >= 0.6 is 11.8 Å². The molecule has 2 fully saturated rings. The molecule has 2 aliphatic heterocycles. The van der Waals surface area contributed by atoms with Gasteiger partial charge in [0.25, 0.3) is 0 Å². The zero-order valence-corrected chi connectivity index (χ0v) is 18.6. The summed E-state index contributed by atoms with van der Waals surface area (Å²) in [5.41, 5.74) is -0.281. The van der Waals surface area contributed by atoms with Gasteiger partial charge in [0.2, 0.25) is 5.91 Å². The number of aromatic nitrogens is 2. The van der Waals surface area contributed by atoms with Crippen LogP contribution < -0.4 is 4.74 Å². The van der Waals surface area contributed by atoms with Crippen LogP contribution in [0.1, 0.15) is 25.0 Å². The first-order valence-electron chi connectivity index (χ1n) is 10.6. The molecule has 172 valence electrons. The molecule has 0 radical (unpaired) electrons. The molecule has 6 nitrogen and oxygen atoms in total. The van der Waals surface area contributed by atoms with E-state index in [2.05, 4.69) is 14.9 Å². The minimum atomic E-state index is -4.59. The van der Waals surface area contributed by atoms with E-state index in [0.29, 0.717) is 29.7 Å². The monoisotopic (exact) mass is 466 g/mol. The first-order valence-corrected chi connectivity index (χ1v) is 11.6. The Bertz CT molecular complexity index is 955. The number of ether oxygens (including phenoxy) is 1. The van der Waals surface area contributed by atoms with Gasteiger partial charge in [0, 0.05) is 43.4 Å². The molecule has 32 heavy (non-hydrogen) atoms. The molecule has 1 aromatic heterocycles. The van der Waals surface area contributed by atoms with Crippen LogP contribution in [0.25, 0.3) is 11.3 Å². The minimum Gasteiger partial charge on any atom is -0.497 e. The molecule has 2 aliphatic rings. The summed E-state index contributed by atoms with van der Waals surface area (Å²) in [7, 11) is 1.52. The predicted molar refractivity (Wildman–Crippen MR) is 116 cm³/mol. The fourth-order valence-corrected chi connectivity index (χ4v) is 4.94. The lowest BCUT2D eigenvalue weighted by Crippen LogP contribution is -2.52. The largest absolute Gasteiger partial charge is 0.497 e. The maximum Gasteiger partial charge on any atom is 0.433 e. The number of halogens is 3. The van der Waals surface area contributed by atoms with Crippen molar-refractivity contribution in [2.24, 2.45) is 0 Å². The summed E-state index contributed by atoms with van der Waals surface area (Å²) < 4.78 is 45.3. The molecular formula is C22H25F3N4O2S. The van der Waals surface area contributed by atoms with Crippen LogP contribution in [0.2, 0.25) is 0 Å². The molecule has 2 aromatic rings. The Morgan fingerprint density at radius 2 is 1.97 bits per heavy atom. The zero-order chi connectivity index (χ0) is 22.7. The molecule has 2 saturated heterocycles. The molecule has 1 atom stereocenters. The summed E-state index contributed by atoms with van der Waals surface area (Å²) in [6.07, 6.45) is -2.05. The first kappa shape index (κ1) is 22.8. The quantitative estimate of drug-likeness (QED) is 0.475. The van der Waals surface area contributed by atoms with Crippen LogP contribution in [0.5, 0.6) is 5.75 Å². The zero-order valence-electron chi connectivity index (χ0n) is 17.8. The van der Waals surface area contributed by atoms with Crippen molar-refractivity contribution >= 4 is 17.7 Å². The van der Waals surface area contributed by atoms with E-state index >= 15 is 0 Å². The van der Waals surface area contributed by atoms with Crippen LogP contribution in [-0.4, -0.2) is 70.8 Å². The lowest BCUT2D eigenvalue weighted by Gasteiger charge is -2.37. The second-order valence-corrected chi connectivity index (χ2v) is 8.98. The van der Waals surface area contributed by atoms with Gasteiger partial charge in [-0.05, 0) is 49.7 Å². The number of amides is 1. The van der Waals surface area contributed by atoms with E-state index in [1.54, 1.807) is 24.3 Å². The third kappa shape index (κ3) is 5.35. The van der Waals surface area contributed by atoms with Crippen molar-refractivity contribution in [3.05, 3.63) is 36.0 Å². The number of carbonyl (C=O) groups is 1. The van der Waals surface area contributed by atoms with Gasteiger partial charge in [-0.3, -0.25) is 9.69 Å². The van der Waals surface area contributed by atoms with Crippen molar-refractivity contribution in [1.29, 1.82) is 0 Å². The second-order valence-electron chi connectivity index (χ2n) is 7.92. The number of hydrogen-bond donors (Lipinski definition) is 0. The Hall–Kier alpha value is -2.33. The van der Waals surface area contributed by atoms with Gasteiger partial charge in [0.05, 0.1) is 12.8 Å². The number of rotatable bonds is 6. The summed E-state index contributed by atoms with van der Waals surface area (Å²) in [5.74, 6) is 0.962. The SMILES string of the molecule is COc1ccc(-c2cc(C(F)(F)F)nc(SCCC(=O)N3CCN4CCC[C@H]4C3)n2)cc1. The summed E-state index contributed by atoms with van der Waals surface area (Å²) in [4.78, 5) is 24.9. The smallest absolute Gasteiger partial charge is 0.433 e. The van der Waals surface area contributed by atoms with Crippen molar-refractivity contribution < 1.29 is 22.7 Å². The molecule has 0 N–H and O–H groups in total. The molecule has 0 aliphatic carbocycles. The third-order valence-electron chi connectivity index (χ3n) is 5.87. The predicted octanol–water partition coefficient (Wildman–Crippen LogP) is 3.96. The van der Waals surface area contributed by atoms with Crippen molar-refractivity contribution in [1.82, 2.24) is 19.8 Å². The molecule has 4 rings (SSSR count). The Balaban J connectivity index is 1.42. The average molecular weight is 467 g/mol. The molecule has 10 heteroatoms.